The van der Waals surface area contributed by atoms with E-state index < -0.39 is 0 Å². The molecule has 2 rings (SSSR count). The summed E-state index contributed by atoms with van der Waals surface area (Å²) < 4.78 is 7.28. The van der Waals surface area contributed by atoms with Crippen LogP contribution in [0.25, 0.3) is 0 Å². The summed E-state index contributed by atoms with van der Waals surface area (Å²) in [5, 5.41) is 7.54. The summed E-state index contributed by atoms with van der Waals surface area (Å²) in [6.07, 6.45) is 3.48. The van der Waals surface area contributed by atoms with Gasteiger partial charge < -0.3 is 9.73 Å². The first kappa shape index (κ1) is 9.98. The third-order valence-corrected chi connectivity index (χ3v) is 2.39. The van der Waals surface area contributed by atoms with Crippen molar-refractivity contribution in [2.75, 3.05) is 6.54 Å². The van der Waals surface area contributed by atoms with Gasteiger partial charge in [-0.25, -0.2) is 0 Å². The number of nitrogens with zero attached hydrogens (tertiary/aromatic N) is 2. The molecule has 0 amide bonds. The molecule has 0 radical (unpaired) electrons. The van der Waals surface area contributed by atoms with Crippen molar-refractivity contribution >= 4 is 0 Å². The number of hydrogen-bond acceptors (Lipinski definition) is 3. The minimum absolute atomic E-state index is 0.0810. The molecule has 1 N–H and O–H groups in total. The highest BCUT2D eigenvalue weighted by atomic mass is 16.3. The summed E-state index contributed by atoms with van der Waals surface area (Å²) in [6, 6.07) is 5.95. The van der Waals surface area contributed by atoms with Gasteiger partial charge in [0.2, 0.25) is 0 Å². The van der Waals surface area contributed by atoms with Gasteiger partial charge in [0, 0.05) is 13.2 Å². The fourth-order valence-electron chi connectivity index (χ4n) is 1.68. The molecule has 1 atom stereocenters. The summed E-state index contributed by atoms with van der Waals surface area (Å²) in [7, 11) is 1.93. The van der Waals surface area contributed by atoms with Crippen LogP contribution in [0.4, 0.5) is 0 Å². The van der Waals surface area contributed by atoms with E-state index in [4.69, 9.17) is 4.42 Å². The number of nitrogens with one attached hydrogen (secondary N) is 1. The zero-order chi connectivity index (χ0) is 10.7. The number of aromatic nitrogens is 2. The van der Waals surface area contributed by atoms with E-state index in [0.717, 1.165) is 18.0 Å². The Balaban J connectivity index is 2.32. The Kier molecular flexibility index (Phi) is 2.87. The molecular weight excluding hydrogens is 190 g/mol. The number of furan rings is 1. The van der Waals surface area contributed by atoms with Crippen LogP contribution in [0.5, 0.6) is 0 Å². The predicted octanol–water partition coefficient (Wildman–Crippen LogP) is 1.71. The lowest BCUT2D eigenvalue weighted by molar-refractivity contribution is 0.438. The first-order chi connectivity index (χ1) is 7.33. The molecule has 4 nitrogen and oxygen atoms in total. The zero-order valence-electron chi connectivity index (χ0n) is 8.97. The first-order valence-corrected chi connectivity index (χ1v) is 5.07. The molecule has 2 aromatic heterocycles. The van der Waals surface area contributed by atoms with E-state index >= 15 is 0 Å². The van der Waals surface area contributed by atoms with Gasteiger partial charge in [0.05, 0.1) is 12.0 Å². The van der Waals surface area contributed by atoms with E-state index in [1.54, 1.807) is 12.5 Å². The molecule has 0 saturated carbocycles. The van der Waals surface area contributed by atoms with Gasteiger partial charge in [0.25, 0.3) is 0 Å². The zero-order valence-corrected chi connectivity index (χ0v) is 8.97. The van der Waals surface area contributed by atoms with E-state index in [-0.39, 0.29) is 6.04 Å². The second-order valence-corrected chi connectivity index (χ2v) is 3.39. The highest BCUT2D eigenvalue weighted by Gasteiger charge is 2.18. The Bertz CT molecular complexity index is 405. The van der Waals surface area contributed by atoms with Gasteiger partial charge in [-0.05, 0) is 24.7 Å². The Morgan fingerprint density at radius 1 is 1.53 bits per heavy atom. The number of aryl methyl sites for hydroxylation is 1. The maximum Gasteiger partial charge on any atom is 0.126 e. The van der Waals surface area contributed by atoms with Crippen molar-refractivity contribution in [3.8, 4) is 0 Å². The van der Waals surface area contributed by atoms with Crippen LogP contribution in [0.15, 0.2) is 35.1 Å². The summed E-state index contributed by atoms with van der Waals surface area (Å²) in [5.74, 6) is 0.917. The highest BCUT2D eigenvalue weighted by molar-refractivity contribution is 5.19. The maximum atomic E-state index is 5.42. The second kappa shape index (κ2) is 4.31. The lowest BCUT2D eigenvalue weighted by Crippen LogP contribution is -2.23. The molecule has 0 spiro atoms. The fourth-order valence-corrected chi connectivity index (χ4v) is 1.68. The van der Waals surface area contributed by atoms with Crippen molar-refractivity contribution in [3.63, 3.8) is 0 Å². The standard InChI is InChI=1S/C11H15N3O/c1-3-12-11(10-5-4-8-15-10)9-6-7-13-14(9)2/h4-8,11-12H,3H2,1-2H3. The minimum Gasteiger partial charge on any atom is -0.467 e. The predicted molar refractivity (Wildman–Crippen MR) is 57.4 cm³/mol. The monoisotopic (exact) mass is 205 g/mol. The van der Waals surface area contributed by atoms with Crippen LogP contribution in [-0.2, 0) is 7.05 Å². The third-order valence-electron chi connectivity index (χ3n) is 2.39. The quantitative estimate of drug-likeness (QED) is 0.826. The molecule has 0 aliphatic heterocycles. The largest absolute Gasteiger partial charge is 0.467 e. The molecule has 0 saturated heterocycles. The Morgan fingerprint density at radius 2 is 2.40 bits per heavy atom. The lowest BCUT2D eigenvalue weighted by Gasteiger charge is -2.15. The van der Waals surface area contributed by atoms with Gasteiger partial charge in [-0.3, -0.25) is 4.68 Å². The Labute approximate surface area is 88.9 Å². The molecule has 0 fully saturated rings. The van der Waals surface area contributed by atoms with E-state index in [0.29, 0.717) is 0 Å². The summed E-state index contributed by atoms with van der Waals surface area (Å²) in [6.45, 7) is 2.96. The number of rotatable bonds is 4. The van der Waals surface area contributed by atoms with Gasteiger partial charge in [0.1, 0.15) is 11.8 Å². The molecule has 0 aliphatic rings. The first-order valence-electron chi connectivity index (χ1n) is 5.07. The maximum absolute atomic E-state index is 5.42. The lowest BCUT2D eigenvalue weighted by atomic mass is 10.1. The Morgan fingerprint density at radius 3 is 2.93 bits per heavy atom. The third kappa shape index (κ3) is 1.94. The van der Waals surface area contributed by atoms with Crippen LogP contribution in [-0.4, -0.2) is 16.3 Å². The SMILES string of the molecule is CCNC(c1ccco1)c1ccnn1C. The molecule has 15 heavy (non-hydrogen) atoms. The van der Waals surface area contributed by atoms with E-state index in [2.05, 4.69) is 17.3 Å². The van der Waals surface area contributed by atoms with Gasteiger partial charge in [0.15, 0.2) is 0 Å². The van der Waals surface area contributed by atoms with Gasteiger partial charge in [-0.15, -0.1) is 0 Å². The second-order valence-electron chi connectivity index (χ2n) is 3.39. The Hall–Kier alpha value is -1.55. The van der Waals surface area contributed by atoms with Crippen molar-refractivity contribution in [1.82, 2.24) is 15.1 Å². The minimum atomic E-state index is 0.0810. The van der Waals surface area contributed by atoms with Gasteiger partial charge >= 0.3 is 0 Å². The molecule has 0 aromatic carbocycles. The average molecular weight is 205 g/mol. The highest BCUT2D eigenvalue weighted by Crippen LogP contribution is 2.21. The summed E-state index contributed by atoms with van der Waals surface area (Å²) >= 11 is 0. The topological polar surface area (TPSA) is 43.0 Å². The molecule has 0 aliphatic carbocycles. The fraction of sp³-hybridized carbons (Fsp3) is 0.364. The normalized spacial score (nSPS) is 12.9. The van der Waals surface area contributed by atoms with E-state index in [1.807, 2.05) is 29.9 Å². The van der Waals surface area contributed by atoms with Crippen LogP contribution < -0.4 is 5.32 Å². The summed E-state index contributed by atoms with van der Waals surface area (Å²) in [4.78, 5) is 0. The van der Waals surface area contributed by atoms with Crippen LogP contribution in [0.3, 0.4) is 0 Å². The van der Waals surface area contributed by atoms with Crippen molar-refractivity contribution in [1.29, 1.82) is 0 Å². The molecule has 80 valence electrons. The average Bonchev–Trinajstić information content (AvgIpc) is 2.85. The van der Waals surface area contributed by atoms with Crippen LogP contribution in [0.2, 0.25) is 0 Å². The van der Waals surface area contributed by atoms with E-state index in [9.17, 15) is 0 Å². The molecule has 2 heterocycles. The summed E-state index contributed by atoms with van der Waals surface area (Å²) in [5.41, 5.74) is 1.10. The van der Waals surface area contributed by atoms with Gasteiger partial charge in [-0.1, -0.05) is 6.92 Å². The van der Waals surface area contributed by atoms with Crippen molar-refractivity contribution in [2.45, 2.75) is 13.0 Å². The van der Waals surface area contributed by atoms with Crippen LogP contribution in [0.1, 0.15) is 24.4 Å². The smallest absolute Gasteiger partial charge is 0.126 e. The van der Waals surface area contributed by atoms with Crippen LogP contribution in [0, 0.1) is 0 Å². The molecule has 0 bridgehead atoms. The van der Waals surface area contributed by atoms with Crippen LogP contribution >= 0.6 is 0 Å². The van der Waals surface area contributed by atoms with Gasteiger partial charge in [-0.2, -0.15) is 5.10 Å². The molecule has 2 aromatic rings. The van der Waals surface area contributed by atoms with E-state index in [1.165, 1.54) is 0 Å². The molecule has 4 heteroatoms. The van der Waals surface area contributed by atoms with Crippen molar-refractivity contribution in [2.24, 2.45) is 7.05 Å². The molecular formula is C11H15N3O. The van der Waals surface area contributed by atoms with Crippen molar-refractivity contribution < 1.29 is 4.42 Å². The molecule has 1 unspecified atom stereocenters. The number of hydrogen-bond donors (Lipinski definition) is 1. The van der Waals surface area contributed by atoms with Crippen molar-refractivity contribution in [3.05, 3.63) is 42.1 Å².